The van der Waals surface area contributed by atoms with Crippen LogP contribution in [0.2, 0.25) is 0 Å². The lowest BCUT2D eigenvalue weighted by molar-refractivity contribution is 0.306. The standard InChI is InChI=1S/C19H36N6O2S.HI/c1-6-13-28(26,27)25-11-9-15(10-12-25)22-19(20-4)21-14-16-17(7-2)23-24(5)18(16)8-3;/h15H,6-14H2,1-5H3,(H2,20,21,22);1H. The quantitative estimate of drug-likeness (QED) is 0.299. The first-order valence-corrected chi connectivity index (χ1v) is 12.0. The maximum Gasteiger partial charge on any atom is 0.214 e. The van der Waals surface area contributed by atoms with E-state index in [2.05, 4.69) is 34.6 Å². The molecular formula is C19H37IN6O2S. The lowest BCUT2D eigenvalue weighted by Gasteiger charge is -2.32. The van der Waals surface area contributed by atoms with Crippen molar-refractivity contribution >= 4 is 40.0 Å². The summed E-state index contributed by atoms with van der Waals surface area (Å²) in [4.78, 5) is 4.35. The van der Waals surface area contributed by atoms with Gasteiger partial charge < -0.3 is 10.6 Å². The number of nitrogens with zero attached hydrogens (tertiary/aromatic N) is 4. The average molecular weight is 541 g/mol. The third-order valence-electron chi connectivity index (χ3n) is 5.33. The van der Waals surface area contributed by atoms with Gasteiger partial charge in [-0.2, -0.15) is 5.10 Å². The molecule has 0 radical (unpaired) electrons. The predicted molar refractivity (Wildman–Crippen MR) is 129 cm³/mol. The first-order valence-electron chi connectivity index (χ1n) is 10.3. The van der Waals surface area contributed by atoms with E-state index in [0.717, 1.165) is 37.3 Å². The van der Waals surface area contributed by atoms with Crippen molar-refractivity contribution in [1.82, 2.24) is 24.7 Å². The van der Waals surface area contributed by atoms with Crippen molar-refractivity contribution in [2.24, 2.45) is 12.0 Å². The van der Waals surface area contributed by atoms with E-state index < -0.39 is 10.0 Å². The number of hydrogen-bond donors (Lipinski definition) is 2. The summed E-state index contributed by atoms with van der Waals surface area (Å²) in [6.07, 6.45) is 4.08. The van der Waals surface area contributed by atoms with Gasteiger partial charge in [0.2, 0.25) is 10.0 Å². The zero-order chi connectivity index (χ0) is 20.7. The average Bonchev–Trinajstić information content (AvgIpc) is 2.99. The highest BCUT2D eigenvalue weighted by Crippen LogP contribution is 2.16. The van der Waals surface area contributed by atoms with E-state index in [1.165, 1.54) is 11.3 Å². The molecule has 10 heteroatoms. The monoisotopic (exact) mass is 540 g/mol. The molecule has 0 unspecified atom stereocenters. The van der Waals surface area contributed by atoms with Gasteiger partial charge in [-0.1, -0.05) is 20.8 Å². The van der Waals surface area contributed by atoms with Gasteiger partial charge in [-0.05, 0) is 32.1 Å². The van der Waals surface area contributed by atoms with Crippen LogP contribution in [0.15, 0.2) is 4.99 Å². The maximum absolute atomic E-state index is 12.2. The summed E-state index contributed by atoms with van der Waals surface area (Å²) in [5, 5.41) is 11.5. The first kappa shape index (κ1) is 26.2. The Morgan fingerprint density at radius 1 is 1.21 bits per heavy atom. The van der Waals surface area contributed by atoms with E-state index >= 15 is 0 Å². The van der Waals surface area contributed by atoms with Crippen molar-refractivity contribution in [2.75, 3.05) is 25.9 Å². The van der Waals surface area contributed by atoms with Gasteiger partial charge in [-0.25, -0.2) is 12.7 Å². The Balaban J connectivity index is 0.00000420. The fraction of sp³-hybridized carbons (Fsp3) is 0.789. The minimum absolute atomic E-state index is 0. The van der Waals surface area contributed by atoms with Crippen LogP contribution < -0.4 is 10.6 Å². The molecule has 1 aromatic heterocycles. The second-order valence-electron chi connectivity index (χ2n) is 7.26. The number of aromatic nitrogens is 2. The van der Waals surface area contributed by atoms with E-state index in [1.54, 1.807) is 11.4 Å². The maximum atomic E-state index is 12.2. The van der Waals surface area contributed by atoms with E-state index in [1.807, 2.05) is 18.7 Å². The van der Waals surface area contributed by atoms with Gasteiger partial charge in [0.15, 0.2) is 5.96 Å². The SMILES string of the molecule is CCCS(=O)(=O)N1CCC(NC(=NC)NCc2c(CC)nn(C)c2CC)CC1.I. The van der Waals surface area contributed by atoms with Gasteiger partial charge in [0.25, 0.3) is 0 Å². The summed E-state index contributed by atoms with van der Waals surface area (Å²) in [7, 11) is 0.660. The first-order chi connectivity index (χ1) is 13.4. The van der Waals surface area contributed by atoms with Gasteiger partial charge >= 0.3 is 0 Å². The molecule has 2 heterocycles. The number of aryl methyl sites for hydroxylation is 2. The molecule has 1 aliphatic rings. The minimum Gasteiger partial charge on any atom is -0.354 e. The third kappa shape index (κ3) is 6.81. The highest BCUT2D eigenvalue weighted by atomic mass is 127. The summed E-state index contributed by atoms with van der Waals surface area (Å²) < 4.78 is 28.0. The van der Waals surface area contributed by atoms with Crippen LogP contribution in [0.5, 0.6) is 0 Å². The smallest absolute Gasteiger partial charge is 0.214 e. The summed E-state index contributed by atoms with van der Waals surface area (Å²) in [6.45, 7) is 7.99. The summed E-state index contributed by atoms with van der Waals surface area (Å²) in [5.74, 6) is 0.988. The van der Waals surface area contributed by atoms with E-state index in [-0.39, 0.29) is 35.8 Å². The Bertz CT molecular complexity index is 770. The van der Waals surface area contributed by atoms with Crippen molar-refractivity contribution in [3.8, 4) is 0 Å². The summed E-state index contributed by atoms with van der Waals surface area (Å²) >= 11 is 0. The fourth-order valence-electron chi connectivity index (χ4n) is 3.82. The van der Waals surface area contributed by atoms with Gasteiger partial charge in [0.1, 0.15) is 0 Å². The molecule has 1 aromatic rings. The van der Waals surface area contributed by atoms with Crippen molar-refractivity contribution in [2.45, 2.75) is 65.5 Å². The second-order valence-corrected chi connectivity index (χ2v) is 9.35. The lowest BCUT2D eigenvalue weighted by atomic mass is 10.1. The molecule has 2 N–H and O–H groups in total. The van der Waals surface area contributed by atoms with Crippen LogP contribution in [0, 0.1) is 0 Å². The van der Waals surface area contributed by atoms with Gasteiger partial charge in [-0.15, -0.1) is 24.0 Å². The molecule has 0 aromatic carbocycles. The van der Waals surface area contributed by atoms with Crippen molar-refractivity contribution in [3.05, 3.63) is 17.0 Å². The van der Waals surface area contributed by atoms with Gasteiger partial charge in [-0.3, -0.25) is 9.67 Å². The molecular weight excluding hydrogens is 503 g/mol. The van der Waals surface area contributed by atoms with Gasteiger partial charge in [0, 0.05) is 51.0 Å². The Labute approximate surface area is 193 Å². The Kier molecular flexibility index (Phi) is 10.9. The number of guanidine groups is 1. The summed E-state index contributed by atoms with van der Waals surface area (Å²) in [5.41, 5.74) is 3.61. The van der Waals surface area contributed by atoms with E-state index in [0.29, 0.717) is 26.1 Å². The van der Waals surface area contributed by atoms with Crippen LogP contribution in [0.4, 0.5) is 0 Å². The van der Waals surface area contributed by atoms with Crippen molar-refractivity contribution in [1.29, 1.82) is 0 Å². The number of hydrogen-bond acceptors (Lipinski definition) is 4. The number of nitrogens with one attached hydrogen (secondary N) is 2. The number of sulfonamides is 1. The Morgan fingerprint density at radius 2 is 1.86 bits per heavy atom. The molecule has 1 fully saturated rings. The van der Waals surface area contributed by atoms with Crippen molar-refractivity contribution in [3.63, 3.8) is 0 Å². The number of rotatable bonds is 8. The van der Waals surface area contributed by atoms with Crippen LogP contribution in [0.3, 0.4) is 0 Å². The Hall–Kier alpha value is -0.880. The van der Waals surface area contributed by atoms with Crippen LogP contribution in [-0.4, -0.2) is 60.4 Å². The highest BCUT2D eigenvalue weighted by molar-refractivity contribution is 14.0. The largest absolute Gasteiger partial charge is 0.354 e. The molecule has 0 bridgehead atoms. The predicted octanol–water partition coefficient (Wildman–Crippen LogP) is 2.03. The molecule has 0 saturated carbocycles. The van der Waals surface area contributed by atoms with Crippen molar-refractivity contribution < 1.29 is 8.42 Å². The molecule has 2 rings (SSSR count). The molecule has 1 saturated heterocycles. The zero-order valence-electron chi connectivity index (χ0n) is 18.4. The minimum atomic E-state index is -3.10. The number of aliphatic imine (C=N–C) groups is 1. The van der Waals surface area contributed by atoms with Crippen LogP contribution in [0.25, 0.3) is 0 Å². The van der Waals surface area contributed by atoms with E-state index in [4.69, 9.17) is 0 Å². The molecule has 1 aliphatic heterocycles. The molecule has 0 spiro atoms. The normalized spacial score (nSPS) is 16.5. The summed E-state index contributed by atoms with van der Waals surface area (Å²) in [6, 6.07) is 0.226. The molecule has 0 amide bonds. The van der Waals surface area contributed by atoms with Crippen LogP contribution in [-0.2, 0) is 36.5 Å². The van der Waals surface area contributed by atoms with Crippen LogP contribution in [0.1, 0.15) is 57.0 Å². The van der Waals surface area contributed by atoms with Crippen LogP contribution >= 0.6 is 24.0 Å². The van der Waals surface area contributed by atoms with E-state index in [9.17, 15) is 8.42 Å². The molecule has 8 nitrogen and oxygen atoms in total. The highest BCUT2D eigenvalue weighted by Gasteiger charge is 2.27. The number of halogens is 1. The number of piperidine rings is 1. The van der Waals surface area contributed by atoms with Gasteiger partial charge in [0.05, 0.1) is 11.4 Å². The second kappa shape index (κ2) is 12.1. The molecule has 29 heavy (non-hydrogen) atoms. The molecule has 0 atom stereocenters. The zero-order valence-corrected chi connectivity index (χ0v) is 21.5. The molecule has 168 valence electrons. The lowest BCUT2D eigenvalue weighted by Crippen LogP contribution is -2.49. The topological polar surface area (TPSA) is 91.6 Å². The Morgan fingerprint density at radius 3 is 2.38 bits per heavy atom. The fourth-order valence-corrected chi connectivity index (χ4v) is 5.36. The molecule has 0 aliphatic carbocycles. The third-order valence-corrected chi connectivity index (χ3v) is 7.41.